The van der Waals surface area contributed by atoms with Crippen molar-refractivity contribution in [3.05, 3.63) is 28.2 Å². The second-order valence-electron chi connectivity index (χ2n) is 5.44. The van der Waals surface area contributed by atoms with Gasteiger partial charge in [0, 0.05) is 46.8 Å². The maximum absolute atomic E-state index is 3.71. The number of halogens is 1. The molecule has 1 aliphatic rings. The van der Waals surface area contributed by atoms with E-state index in [1.54, 1.807) is 0 Å². The normalized spacial score (nSPS) is 20.1. The third kappa shape index (κ3) is 4.40. The molecule has 1 saturated heterocycles. The fourth-order valence-corrected chi connectivity index (χ4v) is 3.76. The van der Waals surface area contributed by atoms with Crippen LogP contribution in [0.15, 0.2) is 22.7 Å². The standard InChI is InChI=1S/C15H23BrN2S/c1-11(2)17-9-13-4-5-14(8-15(13)16)18-6-7-19-12(3)10-18/h4-5,8,11-12,17H,6-7,9-10H2,1-3H3. The summed E-state index contributed by atoms with van der Waals surface area (Å²) in [5, 5.41) is 4.19. The largest absolute Gasteiger partial charge is 0.370 e. The van der Waals surface area contributed by atoms with E-state index >= 15 is 0 Å². The molecule has 0 bridgehead atoms. The molecule has 1 aromatic carbocycles. The molecule has 0 saturated carbocycles. The minimum atomic E-state index is 0.520. The van der Waals surface area contributed by atoms with E-state index in [2.05, 4.69) is 76.9 Å². The molecule has 4 heteroatoms. The van der Waals surface area contributed by atoms with Gasteiger partial charge in [-0.3, -0.25) is 0 Å². The Bertz CT molecular complexity index is 423. The summed E-state index contributed by atoms with van der Waals surface area (Å²) in [5.41, 5.74) is 2.67. The molecule has 2 nitrogen and oxygen atoms in total. The first-order valence-electron chi connectivity index (χ1n) is 6.94. The zero-order valence-electron chi connectivity index (χ0n) is 11.9. The highest BCUT2D eigenvalue weighted by molar-refractivity contribution is 9.10. The fraction of sp³-hybridized carbons (Fsp3) is 0.600. The zero-order chi connectivity index (χ0) is 13.8. The van der Waals surface area contributed by atoms with Crippen LogP contribution in [0, 0.1) is 0 Å². The lowest BCUT2D eigenvalue weighted by molar-refractivity contribution is 0.588. The lowest BCUT2D eigenvalue weighted by atomic mass is 10.1. The van der Waals surface area contributed by atoms with Gasteiger partial charge in [0.05, 0.1) is 0 Å². The lowest BCUT2D eigenvalue weighted by Crippen LogP contribution is -2.36. The first-order valence-corrected chi connectivity index (χ1v) is 8.79. The molecule has 1 fully saturated rings. The smallest absolute Gasteiger partial charge is 0.0378 e. The molecule has 1 atom stereocenters. The van der Waals surface area contributed by atoms with Crippen molar-refractivity contribution in [1.29, 1.82) is 0 Å². The van der Waals surface area contributed by atoms with Crippen LogP contribution in [-0.4, -0.2) is 30.1 Å². The zero-order valence-corrected chi connectivity index (χ0v) is 14.4. The number of benzene rings is 1. The van der Waals surface area contributed by atoms with Gasteiger partial charge >= 0.3 is 0 Å². The van der Waals surface area contributed by atoms with Gasteiger partial charge in [0.2, 0.25) is 0 Å². The molecule has 1 N–H and O–H groups in total. The molecule has 0 radical (unpaired) electrons. The van der Waals surface area contributed by atoms with Gasteiger partial charge < -0.3 is 10.2 Å². The predicted octanol–water partition coefficient (Wildman–Crippen LogP) is 3.89. The second-order valence-corrected chi connectivity index (χ2v) is 7.84. The van der Waals surface area contributed by atoms with Crippen LogP contribution < -0.4 is 10.2 Å². The number of anilines is 1. The highest BCUT2D eigenvalue weighted by Crippen LogP contribution is 2.28. The lowest BCUT2D eigenvalue weighted by Gasteiger charge is -2.32. The van der Waals surface area contributed by atoms with Crippen LogP contribution in [-0.2, 0) is 6.54 Å². The first kappa shape index (κ1) is 15.2. The third-order valence-electron chi connectivity index (χ3n) is 3.34. The molecular weight excluding hydrogens is 320 g/mol. The number of nitrogens with zero attached hydrogens (tertiary/aromatic N) is 1. The summed E-state index contributed by atoms with van der Waals surface area (Å²) in [7, 11) is 0. The Labute approximate surface area is 129 Å². The van der Waals surface area contributed by atoms with Crippen LogP contribution in [0.5, 0.6) is 0 Å². The van der Waals surface area contributed by atoms with E-state index in [-0.39, 0.29) is 0 Å². The van der Waals surface area contributed by atoms with Crippen LogP contribution in [0.3, 0.4) is 0 Å². The Balaban J connectivity index is 2.05. The van der Waals surface area contributed by atoms with E-state index in [9.17, 15) is 0 Å². The van der Waals surface area contributed by atoms with Gasteiger partial charge in [-0.25, -0.2) is 0 Å². The van der Waals surface area contributed by atoms with Crippen molar-refractivity contribution in [2.24, 2.45) is 0 Å². The molecule has 106 valence electrons. The summed E-state index contributed by atoms with van der Waals surface area (Å²) >= 11 is 5.78. The van der Waals surface area contributed by atoms with Crippen LogP contribution in [0.25, 0.3) is 0 Å². The first-order chi connectivity index (χ1) is 9.06. The van der Waals surface area contributed by atoms with Gasteiger partial charge in [0.15, 0.2) is 0 Å². The quantitative estimate of drug-likeness (QED) is 0.893. The summed E-state index contributed by atoms with van der Waals surface area (Å²) < 4.78 is 1.21. The van der Waals surface area contributed by atoms with E-state index in [1.165, 1.54) is 21.5 Å². The van der Waals surface area contributed by atoms with Crippen molar-refractivity contribution in [3.63, 3.8) is 0 Å². The molecular formula is C15H23BrN2S. The Hall–Kier alpha value is -0.190. The van der Waals surface area contributed by atoms with E-state index in [1.807, 2.05) is 0 Å². The van der Waals surface area contributed by atoms with Crippen molar-refractivity contribution in [3.8, 4) is 0 Å². The summed E-state index contributed by atoms with van der Waals surface area (Å²) in [6.07, 6.45) is 0. The maximum Gasteiger partial charge on any atom is 0.0378 e. The molecule has 1 heterocycles. The number of rotatable bonds is 4. The fourth-order valence-electron chi connectivity index (χ4n) is 2.24. The van der Waals surface area contributed by atoms with Crippen LogP contribution in [0.2, 0.25) is 0 Å². The van der Waals surface area contributed by atoms with Crippen LogP contribution >= 0.6 is 27.7 Å². The van der Waals surface area contributed by atoms with Gasteiger partial charge in [-0.2, -0.15) is 11.8 Å². The van der Waals surface area contributed by atoms with E-state index < -0.39 is 0 Å². The Morgan fingerprint density at radius 1 is 1.47 bits per heavy atom. The monoisotopic (exact) mass is 342 g/mol. The summed E-state index contributed by atoms with van der Waals surface area (Å²) in [6.45, 7) is 9.90. The Morgan fingerprint density at radius 2 is 2.26 bits per heavy atom. The molecule has 0 amide bonds. The molecule has 1 aromatic rings. The Morgan fingerprint density at radius 3 is 2.89 bits per heavy atom. The highest BCUT2D eigenvalue weighted by Gasteiger charge is 2.17. The summed E-state index contributed by atoms with van der Waals surface area (Å²) in [6, 6.07) is 7.28. The van der Waals surface area contributed by atoms with Gasteiger partial charge in [0.25, 0.3) is 0 Å². The summed E-state index contributed by atoms with van der Waals surface area (Å²) in [5.74, 6) is 1.23. The van der Waals surface area contributed by atoms with Crippen molar-refractivity contribution in [1.82, 2.24) is 5.32 Å². The topological polar surface area (TPSA) is 15.3 Å². The molecule has 19 heavy (non-hydrogen) atoms. The van der Waals surface area contributed by atoms with Gasteiger partial charge in [-0.1, -0.05) is 42.8 Å². The number of nitrogens with one attached hydrogen (secondary N) is 1. The second kappa shape index (κ2) is 7.00. The number of thioether (sulfide) groups is 1. The van der Waals surface area contributed by atoms with Crippen LogP contribution in [0.4, 0.5) is 5.69 Å². The van der Waals surface area contributed by atoms with Gasteiger partial charge in [-0.05, 0) is 17.7 Å². The molecule has 0 aromatic heterocycles. The van der Waals surface area contributed by atoms with Crippen molar-refractivity contribution in [2.45, 2.75) is 38.6 Å². The minimum absolute atomic E-state index is 0.520. The number of hydrogen-bond donors (Lipinski definition) is 1. The van der Waals surface area contributed by atoms with Gasteiger partial charge in [-0.15, -0.1) is 0 Å². The highest BCUT2D eigenvalue weighted by atomic mass is 79.9. The molecule has 0 spiro atoms. The van der Waals surface area contributed by atoms with Gasteiger partial charge in [0.1, 0.15) is 0 Å². The van der Waals surface area contributed by atoms with E-state index in [0.29, 0.717) is 6.04 Å². The SMILES string of the molecule is CC(C)NCc1ccc(N2CCSC(C)C2)cc1Br. The average molecular weight is 343 g/mol. The minimum Gasteiger partial charge on any atom is -0.370 e. The number of hydrogen-bond acceptors (Lipinski definition) is 3. The molecule has 1 unspecified atom stereocenters. The van der Waals surface area contributed by atoms with Crippen molar-refractivity contribution < 1.29 is 0 Å². The van der Waals surface area contributed by atoms with Crippen LogP contribution in [0.1, 0.15) is 26.3 Å². The van der Waals surface area contributed by atoms with Crippen molar-refractivity contribution in [2.75, 3.05) is 23.7 Å². The molecule has 0 aliphatic carbocycles. The van der Waals surface area contributed by atoms with Crippen molar-refractivity contribution >= 4 is 33.4 Å². The van der Waals surface area contributed by atoms with E-state index in [0.717, 1.165) is 24.9 Å². The molecule has 1 aliphatic heterocycles. The average Bonchev–Trinajstić information content (AvgIpc) is 2.37. The third-order valence-corrected chi connectivity index (χ3v) is 5.22. The molecule has 2 rings (SSSR count). The Kier molecular flexibility index (Phi) is 5.60. The van der Waals surface area contributed by atoms with E-state index in [4.69, 9.17) is 0 Å². The summed E-state index contributed by atoms with van der Waals surface area (Å²) in [4.78, 5) is 2.49. The predicted molar refractivity (Wildman–Crippen MR) is 90.3 cm³/mol. The maximum atomic E-state index is 3.71.